The molecule has 0 bridgehead atoms. The predicted octanol–water partition coefficient (Wildman–Crippen LogP) is 3.75. The van der Waals surface area contributed by atoms with Crippen LogP contribution in [0.5, 0.6) is 0 Å². The molecular formula is C21H24ClN3O. The zero-order valence-corrected chi connectivity index (χ0v) is 15.7. The first kappa shape index (κ1) is 17.5. The molecule has 1 aromatic carbocycles. The van der Waals surface area contributed by atoms with E-state index < -0.39 is 0 Å². The first-order chi connectivity index (χ1) is 12.6. The first-order valence-electron chi connectivity index (χ1n) is 9.30. The average molecular weight is 370 g/mol. The minimum absolute atomic E-state index is 0.202. The Morgan fingerprint density at radius 3 is 2.65 bits per heavy atom. The summed E-state index contributed by atoms with van der Waals surface area (Å²) in [7, 11) is 0. The highest BCUT2D eigenvalue weighted by Crippen LogP contribution is 2.40. The van der Waals surface area contributed by atoms with Crippen molar-refractivity contribution < 1.29 is 4.79 Å². The molecule has 1 atom stereocenters. The molecule has 4 nitrogen and oxygen atoms in total. The van der Waals surface area contributed by atoms with E-state index in [9.17, 15) is 4.79 Å². The number of nitrogens with zero attached hydrogens (tertiary/aromatic N) is 3. The van der Waals surface area contributed by atoms with Crippen molar-refractivity contribution >= 4 is 17.5 Å². The number of hydrogen-bond donors (Lipinski definition) is 0. The van der Waals surface area contributed by atoms with Crippen LogP contribution in [0.3, 0.4) is 0 Å². The molecule has 1 amide bonds. The second-order valence-corrected chi connectivity index (χ2v) is 8.00. The maximum Gasteiger partial charge on any atom is 0.230 e. The summed E-state index contributed by atoms with van der Waals surface area (Å²) in [6.07, 6.45) is 6.68. The molecule has 2 aromatic rings. The van der Waals surface area contributed by atoms with Crippen molar-refractivity contribution in [3.05, 3.63) is 64.9 Å². The van der Waals surface area contributed by atoms with E-state index >= 15 is 0 Å². The molecule has 2 saturated heterocycles. The van der Waals surface area contributed by atoms with Crippen molar-refractivity contribution in [2.45, 2.75) is 32.4 Å². The van der Waals surface area contributed by atoms with Gasteiger partial charge in [-0.25, -0.2) is 0 Å². The molecule has 2 aliphatic heterocycles. The molecule has 0 saturated carbocycles. The molecule has 0 radical (unpaired) electrons. The van der Waals surface area contributed by atoms with E-state index in [1.807, 2.05) is 35.4 Å². The van der Waals surface area contributed by atoms with Crippen LogP contribution in [-0.4, -0.2) is 40.3 Å². The van der Waals surface area contributed by atoms with Gasteiger partial charge in [0.15, 0.2) is 0 Å². The van der Waals surface area contributed by atoms with Crippen LogP contribution in [-0.2, 0) is 17.9 Å². The molecule has 3 heterocycles. The number of aromatic nitrogens is 1. The van der Waals surface area contributed by atoms with E-state index in [0.29, 0.717) is 12.5 Å². The maximum absolute atomic E-state index is 13.3. The second-order valence-electron chi connectivity index (χ2n) is 7.56. The van der Waals surface area contributed by atoms with Gasteiger partial charge in [0.25, 0.3) is 0 Å². The molecule has 2 aliphatic rings. The van der Waals surface area contributed by atoms with Gasteiger partial charge in [-0.05, 0) is 55.1 Å². The summed E-state index contributed by atoms with van der Waals surface area (Å²) in [5.41, 5.74) is 2.16. The number of amides is 1. The third-order valence-electron chi connectivity index (χ3n) is 5.67. The van der Waals surface area contributed by atoms with Gasteiger partial charge in [0, 0.05) is 43.6 Å². The number of hydrogen-bond acceptors (Lipinski definition) is 3. The van der Waals surface area contributed by atoms with Crippen LogP contribution in [0.15, 0.2) is 48.8 Å². The number of rotatable bonds is 4. The number of carbonyl (C=O) groups excluding carboxylic acids is 1. The van der Waals surface area contributed by atoms with Crippen LogP contribution >= 0.6 is 11.6 Å². The monoisotopic (exact) mass is 369 g/mol. The smallest absolute Gasteiger partial charge is 0.230 e. The van der Waals surface area contributed by atoms with Crippen molar-refractivity contribution in [1.82, 2.24) is 14.8 Å². The minimum Gasteiger partial charge on any atom is -0.338 e. The van der Waals surface area contributed by atoms with Crippen molar-refractivity contribution in [3.63, 3.8) is 0 Å². The van der Waals surface area contributed by atoms with Gasteiger partial charge in [-0.15, -0.1) is 0 Å². The van der Waals surface area contributed by atoms with Crippen molar-refractivity contribution in [2.75, 3.05) is 19.6 Å². The largest absolute Gasteiger partial charge is 0.338 e. The van der Waals surface area contributed by atoms with Crippen molar-refractivity contribution in [2.24, 2.45) is 5.41 Å². The van der Waals surface area contributed by atoms with Crippen LogP contribution in [0.1, 0.15) is 30.4 Å². The predicted molar refractivity (Wildman–Crippen MR) is 103 cm³/mol. The van der Waals surface area contributed by atoms with Crippen LogP contribution in [0, 0.1) is 5.41 Å². The lowest BCUT2D eigenvalue weighted by Gasteiger charge is -2.39. The molecular weight excluding hydrogens is 346 g/mol. The lowest BCUT2D eigenvalue weighted by atomic mass is 9.78. The fraction of sp³-hybridized carbons (Fsp3) is 0.429. The summed E-state index contributed by atoms with van der Waals surface area (Å²) in [5, 5.41) is 0.764. The Labute approximate surface area is 159 Å². The number of likely N-dealkylation sites (tertiary alicyclic amines) is 2. The van der Waals surface area contributed by atoms with Gasteiger partial charge in [0.2, 0.25) is 5.91 Å². The van der Waals surface area contributed by atoms with Crippen LogP contribution < -0.4 is 0 Å². The van der Waals surface area contributed by atoms with E-state index in [1.54, 1.807) is 6.20 Å². The molecule has 5 heteroatoms. The van der Waals surface area contributed by atoms with Gasteiger partial charge in [-0.3, -0.25) is 14.7 Å². The Kier molecular flexibility index (Phi) is 4.96. The average Bonchev–Trinajstić information content (AvgIpc) is 3.06. The fourth-order valence-electron chi connectivity index (χ4n) is 4.33. The third-order valence-corrected chi connectivity index (χ3v) is 5.92. The summed E-state index contributed by atoms with van der Waals surface area (Å²) in [6, 6.07) is 12.0. The Balaban J connectivity index is 1.43. The molecule has 1 spiro atoms. The van der Waals surface area contributed by atoms with E-state index in [1.165, 1.54) is 5.56 Å². The number of carbonyl (C=O) groups is 1. The summed E-state index contributed by atoms with van der Waals surface area (Å²) < 4.78 is 0. The van der Waals surface area contributed by atoms with Crippen LogP contribution in [0.25, 0.3) is 0 Å². The highest BCUT2D eigenvalue weighted by atomic mass is 35.5. The van der Waals surface area contributed by atoms with Gasteiger partial charge >= 0.3 is 0 Å². The van der Waals surface area contributed by atoms with E-state index in [0.717, 1.165) is 56.0 Å². The lowest BCUT2D eigenvalue weighted by molar-refractivity contribution is -0.146. The third kappa shape index (κ3) is 3.62. The molecule has 26 heavy (non-hydrogen) atoms. The van der Waals surface area contributed by atoms with Gasteiger partial charge in [0.1, 0.15) is 0 Å². The summed E-state index contributed by atoms with van der Waals surface area (Å²) in [6.45, 7) is 4.25. The summed E-state index contributed by atoms with van der Waals surface area (Å²) in [5.74, 6) is 0.325. The SMILES string of the molecule is O=C1N(Cc2cccnc2)CCCC12CCN(Cc1ccc(Cl)cc1)C2. The van der Waals surface area contributed by atoms with Crippen molar-refractivity contribution in [1.29, 1.82) is 0 Å². The topological polar surface area (TPSA) is 36.4 Å². The highest BCUT2D eigenvalue weighted by Gasteiger charge is 2.48. The van der Waals surface area contributed by atoms with Gasteiger partial charge in [0.05, 0.1) is 5.41 Å². The standard InChI is InChI=1S/C21H24ClN3O/c22-19-6-4-17(5-7-19)14-24-12-9-21(16-24)8-2-11-25(20(21)26)15-18-3-1-10-23-13-18/h1,3-7,10,13H,2,8-9,11-12,14-16H2. The van der Waals surface area contributed by atoms with Crippen molar-refractivity contribution in [3.8, 4) is 0 Å². The lowest BCUT2D eigenvalue weighted by Crippen LogP contribution is -2.49. The number of piperidine rings is 1. The number of halogens is 1. The van der Waals surface area contributed by atoms with E-state index in [-0.39, 0.29) is 5.41 Å². The number of benzene rings is 1. The zero-order chi connectivity index (χ0) is 18.0. The highest BCUT2D eigenvalue weighted by molar-refractivity contribution is 6.30. The molecule has 136 valence electrons. The summed E-state index contributed by atoms with van der Waals surface area (Å²) in [4.78, 5) is 21.9. The Bertz CT molecular complexity index is 765. The van der Waals surface area contributed by atoms with Gasteiger partial charge in [-0.2, -0.15) is 0 Å². The molecule has 0 aliphatic carbocycles. The normalized spacial score (nSPS) is 23.7. The zero-order valence-electron chi connectivity index (χ0n) is 14.9. The molecule has 1 unspecified atom stereocenters. The molecule has 2 fully saturated rings. The Hall–Kier alpha value is -1.91. The van der Waals surface area contributed by atoms with Gasteiger partial charge < -0.3 is 4.90 Å². The summed E-state index contributed by atoms with van der Waals surface area (Å²) >= 11 is 5.98. The maximum atomic E-state index is 13.3. The minimum atomic E-state index is -0.202. The fourth-order valence-corrected chi connectivity index (χ4v) is 4.46. The molecule has 0 N–H and O–H groups in total. The van der Waals surface area contributed by atoms with E-state index in [4.69, 9.17) is 11.6 Å². The van der Waals surface area contributed by atoms with Crippen LogP contribution in [0.4, 0.5) is 0 Å². The van der Waals surface area contributed by atoms with Gasteiger partial charge in [-0.1, -0.05) is 29.8 Å². The Morgan fingerprint density at radius 2 is 1.88 bits per heavy atom. The quantitative estimate of drug-likeness (QED) is 0.823. The van der Waals surface area contributed by atoms with Crippen LogP contribution in [0.2, 0.25) is 5.02 Å². The Morgan fingerprint density at radius 1 is 1.04 bits per heavy atom. The molecule has 4 rings (SSSR count). The number of pyridine rings is 1. The second kappa shape index (κ2) is 7.37. The molecule has 1 aromatic heterocycles. The van der Waals surface area contributed by atoms with E-state index in [2.05, 4.69) is 22.0 Å². The first-order valence-corrected chi connectivity index (χ1v) is 9.68.